The zero-order valence-corrected chi connectivity index (χ0v) is 17.8. The maximum absolute atomic E-state index is 13.2. The molecule has 1 aliphatic rings. The van der Waals surface area contributed by atoms with E-state index in [1.165, 1.54) is 4.31 Å². The maximum atomic E-state index is 13.2. The van der Waals surface area contributed by atoms with Gasteiger partial charge in [-0.2, -0.15) is 4.31 Å². The van der Waals surface area contributed by atoms with Crippen LogP contribution in [-0.4, -0.2) is 31.0 Å². The second-order valence-corrected chi connectivity index (χ2v) is 9.01. The van der Waals surface area contributed by atoms with Crippen LogP contribution in [0.5, 0.6) is 17.2 Å². The lowest BCUT2D eigenvalue weighted by Crippen LogP contribution is -2.30. The van der Waals surface area contributed by atoms with Gasteiger partial charge in [-0.05, 0) is 75.2 Å². The van der Waals surface area contributed by atoms with E-state index in [0.29, 0.717) is 36.8 Å². The highest BCUT2D eigenvalue weighted by Gasteiger charge is 2.38. The number of benzene rings is 2. The Morgan fingerprint density at radius 1 is 1.07 bits per heavy atom. The number of rotatable bonds is 7. The normalized spacial score (nSPS) is 17.2. The van der Waals surface area contributed by atoms with Crippen molar-refractivity contribution in [1.82, 2.24) is 9.46 Å². The largest absolute Gasteiger partial charge is 0.494 e. The van der Waals surface area contributed by atoms with Crippen molar-refractivity contribution in [3.05, 3.63) is 66.1 Å². The van der Waals surface area contributed by atoms with E-state index >= 15 is 0 Å². The molecule has 1 unspecified atom stereocenters. The van der Waals surface area contributed by atoms with Crippen LogP contribution in [0.4, 0.5) is 0 Å². The number of hydrogen-bond donors (Lipinski definition) is 0. The predicted octanol–water partition coefficient (Wildman–Crippen LogP) is 4.70. The quantitative estimate of drug-likeness (QED) is 0.543. The summed E-state index contributed by atoms with van der Waals surface area (Å²) in [5, 5.41) is 3.90. The Balaban J connectivity index is 1.49. The Hall–Kier alpha value is -2.84. The molecule has 0 bridgehead atoms. The van der Waals surface area contributed by atoms with E-state index in [9.17, 15) is 8.42 Å². The summed E-state index contributed by atoms with van der Waals surface area (Å²) in [7, 11) is -3.65. The van der Waals surface area contributed by atoms with Crippen LogP contribution in [-0.2, 0) is 10.0 Å². The minimum absolute atomic E-state index is 0.227. The first kappa shape index (κ1) is 20.4. The molecule has 1 atom stereocenters. The van der Waals surface area contributed by atoms with E-state index in [1.54, 1.807) is 30.3 Å². The van der Waals surface area contributed by atoms with Crippen LogP contribution in [0.3, 0.4) is 0 Å². The summed E-state index contributed by atoms with van der Waals surface area (Å²) in [5.74, 6) is 2.56. The standard InChI is InChI=1S/C22H24N2O5S/c1-3-27-17-6-8-18(9-7-17)28-19-10-12-20(13-11-19)30(25,26)24-14-4-5-21(24)22-15-16(2)23-29-22/h6-13,15,21H,3-5,14H2,1-2H3. The fraction of sp³-hybridized carbons (Fsp3) is 0.318. The van der Waals surface area contributed by atoms with Gasteiger partial charge in [0.1, 0.15) is 17.2 Å². The van der Waals surface area contributed by atoms with Crippen LogP contribution in [0.25, 0.3) is 0 Å². The summed E-state index contributed by atoms with van der Waals surface area (Å²) in [6, 6.07) is 15.2. The van der Waals surface area contributed by atoms with Gasteiger partial charge in [0.2, 0.25) is 10.0 Å². The number of nitrogens with zero attached hydrogens (tertiary/aromatic N) is 2. The molecular formula is C22H24N2O5S. The second-order valence-electron chi connectivity index (χ2n) is 7.12. The van der Waals surface area contributed by atoms with E-state index in [1.807, 2.05) is 38.1 Å². The lowest BCUT2D eigenvalue weighted by molar-refractivity contribution is 0.297. The molecule has 0 spiro atoms. The van der Waals surface area contributed by atoms with Crippen LogP contribution in [0.2, 0.25) is 0 Å². The molecule has 2 aromatic carbocycles. The molecule has 3 aromatic rings. The van der Waals surface area contributed by atoms with Crippen LogP contribution in [0.15, 0.2) is 64.0 Å². The molecule has 1 aromatic heterocycles. The molecule has 0 aliphatic carbocycles. The molecule has 158 valence electrons. The molecule has 0 radical (unpaired) electrons. The van der Waals surface area contributed by atoms with Crippen molar-refractivity contribution in [2.45, 2.75) is 37.6 Å². The van der Waals surface area contributed by atoms with E-state index in [0.717, 1.165) is 17.9 Å². The molecule has 1 aliphatic heterocycles. The highest BCUT2D eigenvalue weighted by atomic mass is 32.2. The van der Waals surface area contributed by atoms with Gasteiger partial charge in [0.05, 0.1) is 23.2 Å². The Kier molecular flexibility index (Phi) is 5.78. The van der Waals surface area contributed by atoms with Crippen LogP contribution >= 0.6 is 0 Å². The smallest absolute Gasteiger partial charge is 0.243 e. The predicted molar refractivity (Wildman–Crippen MR) is 111 cm³/mol. The third-order valence-electron chi connectivity index (χ3n) is 4.98. The Morgan fingerprint density at radius 3 is 2.30 bits per heavy atom. The fourth-order valence-electron chi connectivity index (χ4n) is 3.57. The minimum Gasteiger partial charge on any atom is -0.494 e. The number of aromatic nitrogens is 1. The van der Waals surface area contributed by atoms with Crippen molar-refractivity contribution in [2.24, 2.45) is 0 Å². The highest BCUT2D eigenvalue weighted by molar-refractivity contribution is 7.89. The van der Waals surface area contributed by atoms with Crippen molar-refractivity contribution < 1.29 is 22.4 Å². The van der Waals surface area contributed by atoms with Crippen molar-refractivity contribution in [3.8, 4) is 17.2 Å². The summed E-state index contributed by atoms with van der Waals surface area (Å²) in [4.78, 5) is 0.227. The van der Waals surface area contributed by atoms with Crippen LogP contribution in [0, 0.1) is 6.92 Å². The zero-order chi connectivity index (χ0) is 21.1. The van der Waals surface area contributed by atoms with Gasteiger partial charge in [-0.1, -0.05) is 5.16 Å². The molecule has 1 saturated heterocycles. The topological polar surface area (TPSA) is 81.9 Å². The first-order chi connectivity index (χ1) is 14.5. The summed E-state index contributed by atoms with van der Waals surface area (Å²) in [6.45, 7) is 4.81. The lowest BCUT2D eigenvalue weighted by atomic mass is 10.2. The molecule has 0 amide bonds. The third kappa shape index (κ3) is 4.20. The van der Waals surface area contributed by atoms with Crippen molar-refractivity contribution in [2.75, 3.05) is 13.2 Å². The van der Waals surface area contributed by atoms with Crippen molar-refractivity contribution >= 4 is 10.0 Å². The molecule has 8 heteroatoms. The van der Waals surface area contributed by atoms with Crippen LogP contribution < -0.4 is 9.47 Å². The Labute approximate surface area is 176 Å². The highest BCUT2D eigenvalue weighted by Crippen LogP contribution is 2.37. The van der Waals surface area contributed by atoms with Gasteiger partial charge >= 0.3 is 0 Å². The van der Waals surface area contributed by atoms with Gasteiger partial charge in [-0.3, -0.25) is 0 Å². The fourth-order valence-corrected chi connectivity index (χ4v) is 5.24. The van der Waals surface area contributed by atoms with Gasteiger partial charge in [0.15, 0.2) is 5.76 Å². The summed E-state index contributed by atoms with van der Waals surface area (Å²) in [6.07, 6.45) is 1.50. The number of aryl methyl sites for hydroxylation is 1. The molecule has 30 heavy (non-hydrogen) atoms. The van der Waals surface area contributed by atoms with Gasteiger partial charge in [-0.15, -0.1) is 0 Å². The van der Waals surface area contributed by atoms with Crippen molar-refractivity contribution in [3.63, 3.8) is 0 Å². The molecule has 1 fully saturated rings. The number of ether oxygens (including phenoxy) is 2. The minimum atomic E-state index is -3.65. The Morgan fingerprint density at radius 2 is 1.70 bits per heavy atom. The van der Waals surface area contributed by atoms with E-state index in [4.69, 9.17) is 14.0 Å². The summed E-state index contributed by atoms with van der Waals surface area (Å²) in [5.41, 5.74) is 0.741. The molecule has 4 rings (SSSR count). The lowest BCUT2D eigenvalue weighted by Gasteiger charge is -2.22. The zero-order valence-electron chi connectivity index (χ0n) is 16.9. The summed E-state index contributed by atoms with van der Waals surface area (Å²) < 4.78 is 44.5. The molecular weight excluding hydrogens is 404 g/mol. The molecule has 2 heterocycles. The SMILES string of the molecule is CCOc1ccc(Oc2ccc(S(=O)(=O)N3CCCC3c3cc(C)no3)cc2)cc1. The van der Waals surface area contributed by atoms with Crippen molar-refractivity contribution in [1.29, 1.82) is 0 Å². The monoisotopic (exact) mass is 428 g/mol. The summed E-state index contributed by atoms with van der Waals surface area (Å²) >= 11 is 0. The van der Waals surface area contributed by atoms with E-state index < -0.39 is 10.0 Å². The molecule has 0 saturated carbocycles. The average Bonchev–Trinajstić information content (AvgIpc) is 3.39. The third-order valence-corrected chi connectivity index (χ3v) is 6.90. The first-order valence-electron chi connectivity index (χ1n) is 9.93. The van der Waals surface area contributed by atoms with Gasteiger partial charge in [0.25, 0.3) is 0 Å². The number of sulfonamides is 1. The first-order valence-corrected chi connectivity index (χ1v) is 11.4. The molecule has 0 N–H and O–H groups in total. The van der Waals surface area contributed by atoms with E-state index in [2.05, 4.69) is 5.16 Å². The van der Waals surface area contributed by atoms with E-state index in [-0.39, 0.29) is 10.9 Å². The van der Waals surface area contributed by atoms with Gasteiger partial charge in [0, 0.05) is 12.6 Å². The van der Waals surface area contributed by atoms with Crippen LogP contribution in [0.1, 0.15) is 37.3 Å². The number of hydrogen-bond acceptors (Lipinski definition) is 6. The maximum Gasteiger partial charge on any atom is 0.243 e. The second kappa shape index (κ2) is 8.49. The Bertz CT molecular complexity index is 1090. The average molecular weight is 429 g/mol. The van der Waals surface area contributed by atoms with Gasteiger partial charge in [-0.25, -0.2) is 8.42 Å². The molecule has 7 nitrogen and oxygen atoms in total. The van der Waals surface area contributed by atoms with Gasteiger partial charge < -0.3 is 14.0 Å².